The van der Waals surface area contributed by atoms with Crippen molar-refractivity contribution in [2.45, 2.75) is 31.7 Å². The van der Waals surface area contributed by atoms with Gasteiger partial charge in [0.1, 0.15) is 0 Å². The molecule has 0 aromatic heterocycles. The van der Waals surface area contributed by atoms with Gasteiger partial charge in [0.15, 0.2) is 0 Å². The molecule has 1 saturated heterocycles. The molecule has 1 aliphatic rings. The van der Waals surface area contributed by atoms with Crippen molar-refractivity contribution in [1.29, 1.82) is 0 Å². The van der Waals surface area contributed by atoms with Gasteiger partial charge >= 0.3 is 0 Å². The van der Waals surface area contributed by atoms with Gasteiger partial charge in [0.25, 0.3) is 0 Å². The Bertz CT molecular complexity index is 364. The second-order valence-corrected chi connectivity index (χ2v) is 4.66. The van der Waals surface area contributed by atoms with Gasteiger partial charge in [0, 0.05) is 13.1 Å². The largest absolute Gasteiger partial charge is 0.341 e. The van der Waals surface area contributed by atoms with E-state index in [1.165, 1.54) is 5.56 Å². The van der Waals surface area contributed by atoms with Crippen LogP contribution in [0.3, 0.4) is 0 Å². The fourth-order valence-corrected chi connectivity index (χ4v) is 2.27. The van der Waals surface area contributed by atoms with Crippen LogP contribution in [0.15, 0.2) is 30.3 Å². The maximum Gasteiger partial charge on any atom is 0.239 e. The third-order valence-electron chi connectivity index (χ3n) is 3.34. The Morgan fingerprint density at radius 2 is 2.00 bits per heavy atom. The van der Waals surface area contributed by atoms with Gasteiger partial charge in [0.05, 0.1) is 6.04 Å². The maximum atomic E-state index is 12.0. The number of benzene rings is 1. The third-order valence-corrected chi connectivity index (χ3v) is 3.34. The average molecular weight is 232 g/mol. The summed E-state index contributed by atoms with van der Waals surface area (Å²) >= 11 is 0. The molecule has 1 aromatic rings. The summed E-state index contributed by atoms with van der Waals surface area (Å²) < 4.78 is 0. The Balaban J connectivity index is 1.91. The molecule has 2 rings (SSSR count). The van der Waals surface area contributed by atoms with Crippen molar-refractivity contribution in [1.82, 2.24) is 4.90 Å². The summed E-state index contributed by atoms with van der Waals surface area (Å²) in [4.78, 5) is 13.9. The highest BCUT2D eigenvalue weighted by Gasteiger charge is 2.23. The summed E-state index contributed by atoms with van der Waals surface area (Å²) in [6.07, 6.45) is 3.89. The number of likely N-dealkylation sites (tertiary alicyclic amines) is 1. The number of carbonyl (C=O) groups is 1. The summed E-state index contributed by atoms with van der Waals surface area (Å²) in [6, 6.07) is 9.99. The molecule has 1 aromatic carbocycles. The first-order valence-corrected chi connectivity index (χ1v) is 6.35. The van der Waals surface area contributed by atoms with E-state index in [-0.39, 0.29) is 11.9 Å². The minimum Gasteiger partial charge on any atom is -0.341 e. The van der Waals surface area contributed by atoms with E-state index in [2.05, 4.69) is 12.1 Å². The number of nitrogens with zero attached hydrogens (tertiary/aromatic N) is 1. The van der Waals surface area contributed by atoms with Crippen LogP contribution in [0, 0.1) is 0 Å². The third kappa shape index (κ3) is 3.30. The van der Waals surface area contributed by atoms with Gasteiger partial charge in [-0.05, 0) is 31.2 Å². The Labute approximate surface area is 103 Å². The van der Waals surface area contributed by atoms with Crippen LogP contribution in [-0.2, 0) is 11.2 Å². The van der Waals surface area contributed by atoms with E-state index < -0.39 is 0 Å². The molecule has 3 heteroatoms. The lowest BCUT2D eigenvalue weighted by atomic mass is 10.1. The molecule has 1 aliphatic heterocycles. The molecule has 1 unspecified atom stereocenters. The fourth-order valence-electron chi connectivity index (χ4n) is 2.27. The number of rotatable bonds is 3. The zero-order chi connectivity index (χ0) is 12.1. The SMILES string of the molecule is NC1CCCCN(CCc2ccccc2)C1=O. The van der Waals surface area contributed by atoms with Crippen LogP contribution in [-0.4, -0.2) is 29.9 Å². The molecule has 17 heavy (non-hydrogen) atoms. The van der Waals surface area contributed by atoms with Crippen LogP contribution in [0.5, 0.6) is 0 Å². The first-order valence-electron chi connectivity index (χ1n) is 6.35. The molecule has 0 bridgehead atoms. The van der Waals surface area contributed by atoms with Crippen molar-refractivity contribution in [3.05, 3.63) is 35.9 Å². The van der Waals surface area contributed by atoms with Crippen LogP contribution in [0.2, 0.25) is 0 Å². The zero-order valence-corrected chi connectivity index (χ0v) is 10.1. The highest BCUT2D eigenvalue weighted by atomic mass is 16.2. The minimum absolute atomic E-state index is 0.124. The molecule has 1 amide bonds. The van der Waals surface area contributed by atoms with E-state index in [1.807, 2.05) is 23.1 Å². The Morgan fingerprint density at radius 1 is 1.24 bits per heavy atom. The minimum atomic E-state index is -0.284. The number of carbonyl (C=O) groups excluding carboxylic acids is 1. The monoisotopic (exact) mass is 232 g/mol. The van der Waals surface area contributed by atoms with Crippen molar-refractivity contribution in [3.8, 4) is 0 Å². The molecule has 3 nitrogen and oxygen atoms in total. The van der Waals surface area contributed by atoms with Crippen molar-refractivity contribution < 1.29 is 4.79 Å². The van der Waals surface area contributed by atoms with Crippen molar-refractivity contribution in [2.24, 2.45) is 5.73 Å². The van der Waals surface area contributed by atoms with E-state index in [0.717, 1.165) is 38.8 Å². The lowest BCUT2D eigenvalue weighted by Gasteiger charge is -2.22. The second kappa shape index (κ2) is 5.82. The van der Waals surface area contributed by atoms with E-state index >= 15 is 0 Å². The zero-order valence-electron chi connectivity index (χ0n) is 10.1. The summed E-state index contributed by atoms with van der Waals surface area (Å²) in [6.45, 7) is 1.65. The van der Waals surface area contributed by atoms with Gasteiger partial charge in [-0.15, -0.1) is 0 Å². The first kappa shape index (κ1) is 12.1. The highest BCUT2D eigenvalue weighted by Crippen LogP contribution is 2.11. The van der Waals surface area contributed by atoms with Crippen LogP contribution in [0.25, 0.3) is 0 Å². The fraction of sp³-hybridized carbons (Fsp3) is 0.500. The molecule has 2 N–H and O–H groups in total. The predicted octanol–water partition coefficient (Wildman–Crippen LogP) is 1.57. The molecule has 0 radical (unpaired) electrons. The summed E-state index contributed by atoms with van der Waals surface area (Å²) in [7, 11) is 0. The second-order valence-electron chi connectivity index (χ2n) is 4.66. The summed E-state index contributed by atoms with van der Waals surface area (Å²) in [5.74, 6) is 0.124. The van der Waals surface area contributed by atoms with Gasteiger partial charge in [-0.2, -0.15) is 0 Å². The maximum absolute atomic E-state index is 12.0. The Morgan fingerprint density at radius 3 is 2.76 bits per heavy atom. The summed E-state index contributed by atoms with van der Waals surface area (Å²) in [5, 5.41) is 0. The van der Waals surface area contributed by atoms with Gasteiger partial charge < -0.3 is 10.6 Å². The van der Waals surface area contributed by atoms with Crippen molar-refractivity contribution in [2.75, 3.05) is 13.1 Å². The van der Waals surface area contributed by atoms with Crippen molar-refractivity contribution in [3.63, 3.8) is 0 Å². The first-order chi connectivity index (χ1) is 8.27. The molecule has 1 fully saturated rings. The van der Waals surface area contributed by atoms with E-state index in [1.54, 1.807) is 0 Å². The molecular formula is C14H20N2O. The van der Waals surface area contributed by atoms with E-state index in [0.29, 0.717) is 0 Å². The molecule has 1 atom stereocenters. The van der Waals surface area contributed by atoms with Crippen molar-refractivity contribution >= 4 is 5.91 Å². The quantitative estimate of drug-likeness (QED) is 0.860. The number of hydrogen-bond donors (Lipinski definition) is 1. The van der Waals surface area contributed by atoms with Gasteiger partial charge in [-0.3, -0.25) is 4.79 Å². The molecule has 0 spiro atoms. The normalized spacial score (nSPS) is 21.4. The molecule has 0 saturated carbocycles. The Hall–Kier alpha value is -1.35. The van der Waals surface area contributed by atoms with Gasteiger partial charge in [0.2, 0.25) is 5.91 Å². The van der Waals surface area contributed by atoms with Gasteiger partial charge in [-0.1, -0.05) is 30.3 Å². The van der Waals surface area contributed by atoms with Crippen LogP contribution < -0.4 is 5.73 Å². The average Bonchev–Trinajstić information content (AvgIpc) is 2.52. The van der Waals surface area contributed by atoms with Crippen LogP contribution >= 0.6 is 0 Å². The van der Waals surface area contributed by atoms with Crippen LogP contribution in [0.1, 0.15) is 24.8 Å². The number of nitrogens with two attached hydrogens (primary N) is 1. The number of hydrogen-bond acceptors (Lipinski definition) is 2. The van der Waals surface area contributed by atoms with E-state index in [4.69, 9.17) is 5.73 Å². The number of amides is 1. The Kier molecular flexibility index (Phi) is 4.15. The topological polar surface area (TPSA) is 46.3 Å². The standard InChI is InChI=1S/C14H20N2O/c15-13-8-4-5-10-16(14(13)17)11-9-12-6-2-1-3-7-12/h1-3,6-7,13H,4-5,8-11,15H2. The summed E-state index contributed by atoms with van der Waals surface area (Å²) in [5.41, 5.74) is 7.12. The molecule has 0 aliphatic carbocycles. The lowest BCUT2D eigenvalue weighted by Crippen LogP contribution is -2.43. The molecule has 1 heterocycles. The molecule has 92 valence electrons. The van der Waals surface area contributed by atoms with E-state index in [9.17, 15) is 4.79 Å². The molecular weight excluding hydrogens is 212 g/mol. The van der Waals surface area contributed by atoms with Crippen LogP contribution in [0.4, 0.5) is 0 Å². The smallest absolute Gasteiger partial charge is 0.239 e. The highest BCUT2D eigenvalue weighted by molar-refractivity contribution is 5.81. The predicted molar refractivity (Wildman–Crippen MR) is 68.6 cm³/mol. The van der Waals surface area contributed by atoms with Gasteiger partial charge in [-0.25, -0.2) is 0 Å². The lowest BCUT2D eigenvalue weighted by molar-refractivity contribution is -0.132.